The monoisotopic (exact) mass is 345 g/mol. The van der Waals surface area contributed by atoms with Gasteiger partial charge in [-0.15, -0.1) is 11.3 Å². The molecule has 0 radical (unpaired) electrons. The van der Waals surface area contributed by atoms with E-state index in [2.05, 4.69) is 21.2 Å². The third kappa shape index (κ3) is 3.26. The second-order valence-electron chi connectivity index (χ2n) is 3.74. The van der Waals surface area contributed by atoms with E-state index >= 15 is 0 Å². The van der Waals surface area contributed by atoms with Gasteiger partial charge in [-0.2, -0.15) is 0 Å². The molecule has 0 aliphatic rings. The van der Waals surface area contributed by atoms with Crippen LogP contribution in [0.25, 0.3) is 0 Å². The first kappa shape index (κ1) is 13.9. The van der Waals surface area contributed by atoms with Gasteiger partial charge < -0.3 is 10.1 Å². The highest BCUT2D eigenvalue weighted by Gasteiger charge is 2.09. The molecular formula is C13H13BrClNOS. The number of benzene rings is 1. The molecule has 0 fully saturated rings. The van der Waals surface area contributed by atoms with Crippen molar-refractivity contribution in [3.8, 4) is 5.75 Å². The quantitative estimate of drug-likeness (QED) is 0.863. The molecule has 0 saturated carbocycles. The number of ether oxygens (including phenoxy) is 1. The molecule has 0 bridgehead atoms. The average Bonchev–Trinajstić information content (AvgIpc) is 2.75. The molecule has 1 aromatic heterocycles. The summed E-state index contributed by atoms with van der Waals surface area (Å²) >= 11 is 11.3. The highest BCUT2D eigenvalue weighted by molar-refractivity contribution is 9.10. The number of rotatable bonds is 5. The summed E-state index contributed by atoms with van der Waals surface area (Å²) in [6.45, 7) is 1.26. The highest BCUT2D eigenvalue weighted by atomic mass is 79.9. The molecule has 96 valence electrons. The Balaban J connectivity index is 2.15. The van der Waals surface area contributed by atoms with Crippen molar-refractivity contribution in [3.05, 3.63) is 49.6 Å². The summed E-state index contributed by atoms with van der Waals surface area (Å²) < 4.78 is 6.93. The van der Waals surface area contributed by atoms with Gasteiger partial charge in [0.05, 0.1) is 9.90 Å². The van der Waals surface area contributed by atoms with E-state index in [4.69, 9.17) is 16.3 Å². The fourth-order valence-electron chi connectivity index (χ4n) is 1.61. The maximum atomic E-state index is 6.18. The first-order valence-electron chi connectivity index (χ1n) is 5.49. The summed E-state index contributed by atoms with van der Waals surface area (Å²) in [5.74, 6) is 0.758. The maximum Gasteiger partial charge on any atom is 0.142 e. The molecule has 2 aromatic rings. The first-order chi connectivity index (χ1) is 8.72. The van der Waals surface area contributed by atoms with Crippen molar-refractivity contribution in [1.29, 1.82) is 0 Å². The predicted octanol–water partition coefficient (Wildman–Crippen LogP) is 4.46. The van der Waals surface area contributed by atoms with Gasteiger partial charge in [-0.25, -0.2) is 0 Å². The van der Waals surface area contributed by atoms with E-state index in [9.17, 15) is 0 Å². The van der Waals surface area contributed by atoms with Crippen LogP contribution in [0.2, 0.25) is 5.02 Å². The number of hydrogen-bond donors (Lipinski definition) is 1. The van der Waals surface area contributed by atoms with Crippen LogP contribution >= 0.6 is 38.9 Å². The Morgan fingerprint density at radius 2 is 2.22 bits per heavy atom. The minimum Gasteiger partial charge on any atom is -0.486 e. The normalized spacial score (nSPS) is 10.6. The van der Waals surface area contributed by atoms with Crippen molar-refractivity contribution < 1.29 is 4.74 Å². The van der Waals surface area contributed by atoms with Gasteiger partial charge in [0.15, 0.2) is 0 Å². The Morgan fingerprint density at radius 3 is 2.89 bits per heavy atom. The molecular weight excluding hydrogens is 334 g/mol. The van der Waals surface area contributed by atoms with E-state index in [1.165, 1.54) is 0 Å². The zero-order chi connectivity index (χ0) is 13.0. The highest BCUT2D eigenvalue weighted by Crippen LogP contribution is 2.31. The van der Waals surface area contributed by atoms with Gasteiger partial charge in [-0.05, 0) is 40.5 Å². The molecule has 0 aliphatic carbocycles. The van der Waals surface area contributed by atoms with Crippen molar-refractivity contribution in [3.63, 3.8) is 0 Å². The zero-order valence-corrected chi connectivity index (χ0v) is 13.0. The molecule has 0 saturated heterocycles. The fraction of sp³-hybridized carbons (Fsp3) is 0.231. The lowest BCUT2D eigenvalue weighted by molar-refractivity contribution is 0.305. The van der Waals surface area contributed by atoms with Crippen LogP contribution < -0.4 is 10.1 Å². The second kappa shape index (κ2) is 6.57. The van der Waals surface area contributed by atoms with Crippen LogP contribution in [0.15, 0.2) is 34.1 Å². The number of halogens is 2. The van der Waals surface area contributed by atoms with Crippen LogP contribution in [-0.2, 0) is 13.2 Å². The zero-order valence-electron chi connectivity index (χ0n) is 9.87. The minimum absolute atomic E-state index is 0.526. The molecule has 18 heavy (non-hydrogen) atoms. The lowest BCUT2D eigenvalue weighted by Gasteiger charge is -2.12. The van der Waals surface area contributed by atoms with E-state index in [0.29, 0.717) is 11.6 Å². The van der Waals surface area contributed by atoms with E-state index < -0.39 is 0 Å². The number of nitrogens with one attached hydrogen (secondary N) is 1. The summed E-state index contributed by atoms with van der Waals surface area (Å²) in [4.78, 5) is 1.16. The van der Waals surface area contributed by atoms with Gasteiger partial charge in [0.1, 0.15) is 12.4 Å². The minimum atomic E-state index is 0.526. The molecule has 1 aromatic carbocycles. The Kier molecular flexibility index (Phi) is 5.06. The molecule has 2 rings (SSSR count). The molecule has 1 heterocycles. The van der Waals surface area contributed by atoms with Crippen LogP contribution in [-0.4, -0.2) is 7.05 Å². The lowest BCUT2D eigenvalue weighted by Crippen LogP contribution is -2.07. The lowest BCUT2D eigenvalue weighted by atomic mass is 10.2. The van der Waals surface area contributed by atoms with E-state index in [-0.39, 0.29) is 0 Å². The Morgan fingerprint density at radius 1 is 1.39 bits per heavy atom. The Hall–Kier alpha value is -0.550. The van der Waals surface area contributed by atoms with Crippen molar-refractivity contribution in [2.24, 2.45) is 0 Å². The number of para-hydroxylation sites is 1. The average molecular weight is 347 g/mol. The topological polar surface area (TPSA) is 21.3 Å². The SMILES string of the molecule is CNCc1cccc(Cl)c1OCc1sccc1Br. The Labute approximate surface area is 124 Å². The van der Waals surface area contributed by atoms with Crippen LogP contribution in [0, 0.1) is 0 Å². The van der Waals surface area contributed by atoms with Crippen molar-refractivity contribution in [2.75, 3.05) is 7.05 Å². The predicted molar refractivity (Wildman–Crippen MR) is 80.6 cm³/mol. The van der Waals surface area contributed by atoms with E-state index in [1.54, 1.807) is 11.3 Å². The molecule has 5 heteroatoms. The summed E-state index contributed by atoms with van der Waals surface area (Å²) in [6, 6.07) is 7.81. The molecule has 0 aliphatic heterocycles. The van der Waals surface area contributed by atoms with Crippen LogP contribution in [0.1, 0.15) is 10.4 Å². The summed E-state index contributed by atoms with van der Waals surface area (Å²) in [5.41, 5.74) is 1.07. The van der Waals surface area contributed by atoms with Crippen LogP contribution in [0.5, 0.6) is 5.75 Å². The van der Waals surface area contributed by atoms with Gasteiger partial charge >= 0.3 is 0 Å². The van der Waals surface area contributed by atoms with Gasteiger partial charge in [-0.1, -0.05) is 23.7 Å². The van der Waals surface area contributed by atoms with Gasteiger partial charge in [0.25, 0.3) is 0 Å². The Bertz CT molecular complexity index is 529. The first-order valence-corrected chi connectivity index (χ1v) is 7.54. The molecule has 0 atom stereocenters. The van der Waals surface area contributed by atoms with Crippen LogP contribution in [0.4, 0.5) is 0 Å². The van der Waals surface area contributed by atoms with Crippen molar-refractivity contribution in [1.82, 2.24) is 5.32 Å². The van der Waals surface area contributed by atoms with Crippen molar-refractivity contribution in [2.45, 2.75) is 13.2 Å². The molecule has 0 amide bonds. The largest absolute Gasteiger partial charge is 0.486 e. The fourth-order valence-corrected chi connectivity index (χ4v) is 3.24. The second-order valence-corrected chi connectivity index (χ2v) is 6.00. The van der Waals surface area contributed by atoms with Gasteiger partial charge in [0, 0.05) is 16.6 Å². The maximum absolute atomic E-state index is 6.18. The summed E-state index contributed by atoms with van der Waals surface area (Å²) in [5, 5.41) is 5.79. The van der Waals surface area contributed by atoms with Gasteiger partial charge in [-0.3, -0.25) is 0 Å². The standard InChI is InChI=1S/C13H13BrClNOS/c1-16-7-9-3-2-4-11(15)13(9)17-8-12-10(14)5-6-18-12/h2-6,16H,7-8H2,1H3. The van der Waals surface area contributed by atoms with E-state index in [0.717, 1.165) is 27.2 Å². The number of thiophene rings is 1. The smallest absolute Gasteiger partial charge is 0.142 e. The summed E-state index contributed by atoms with van der Waals surface area (Å²) in [6.07, 6.45) is 0. The van der Waals surface area contributed by atoms with E-state index in [1.807, 2.05) is 36.7 Å². The molecule has 1 N–H and O–H groups in total. The number of hydrogen-bond acceptors (Lipinski definition) is 3. The summed E-state index contributed by atoms with van der Waals surface area (Å²) in [7, 11) is 1.90. The van der Waals surface area contributed by atoms with Crippen molar-refractivity contribution >= 4 is 38.9 Å². The van der Waals surface area contributed by atoms with Gasteiger partial charge in [0.2, 0.25) is 0 Å². The molecule has 0 spiro atoms. The molecule has 2 nitrogen and oxygen atoms in total. The molecule has 0 unspecified atom stereocenters. The third-order valence-electron chi connectivity index (χ3n) is 2.45. The van der Waals surface area contributed by atoms with Crippen LogP contribution in [0.3, 0.4) is 0 Å². The third-order valence-corrected chi connectivity index (χ3v) is 4.65.